The summed E-state index contributed by atoms with van der Waals surface area (Å²) < 4.78 is 4.98. The third-order valence-electron chi connectivity index (χ3n) is 1.66. The number of ether oxygens (including phenoxy) is 1. The second-order valence-corrected chi connectivity index (χ2v) is 2.36. The molecule has 0 atom stereocenters. The molecule has 0 fully saturated rings. The smallest absolute Gasteiger partial charge is 0.119 e. The van der Waals surface area contributed by atoms with E-state index >= 15 is 0 Å². The van der Waals surface area contributed by atoms with Crippen LogP contribution in [0.2, 0.25) is 0 Å². The molecule has 2 heteroatoms. The van der Waals surface area contributed by atoms with Gasteiger partial charge in [0.15, 0.2) is 0 Å². The van der Waals surface area contributed by atoms with E-state index in [1.165, 1.54) is 6.21 Å². The highest BCUT2D eigenvalue weighted by atomic mass is 16.5. The summed E-state index contributed by atoms with van der Waals surface area (Å²) in [6.45, 7) is 7.73. The van der Waals surface area contributed by atoms with E-state index in [0.29, 0.717) is 5.76 Å². The highest BCUT2D eigenvalue weighted by Gasteiger charge is 2.01. The van der Waals surface area contributed by atoms with Crippen molar-refractivity contribution in [1.82, 2.24) is 0 Å². The number of nitrogens with one attached hydrogen (secondary N) is 1. The fourth-order valence-electron chi connectivity index (χ4n) is 0.987. The fourth-order valence-corrected chi connectivity index (χ4v) is 0.987. The fraction of sp³-hybridized carbons (Fsp3) is 0.250. The van der Waals surface area contributed by atoms with Crippen LogP contribution in [0.15, 0.2) is 30.8 Å². The van der Waals surface area contributed by atoms with Crippen LogP contribution in [0.3, 0.4) is 0 Å². The lowest BCUT2D eigenvalue weighted by Gasteiger charge is -2.06. The Morgan fingerprint density at radius 3 is 2.43 bits per heavy atom. The van der Waals surface area contributed by atoms with Gasteiger partial charge in [0.2, 0.25) is 0 Å². The topological polar surface area (TPSA) is 33.1 Å². The minimum absolute atomic E-state index is 0.592. The summed E-state index contributed by atoms with van der Waals surface area (Å²) in [7, 11) is 1.57. The molecule has 1 aromatic carbocycles. The zero-order chi connectivity index (χ0) is 11.0. The van der Waals surface area contributed by atoms with Crippen molar-refractivity contribution >= 4 is 12.0 Å². The Kier molecular flexibility index (Phi) is 6.12. The molecule has 1 N–H and O–H groups in total. The molecule has 0 amide bonds. The van der Waals surface area contributed by atoms with Gasteiger partial charge in [0.25, 0.3) is 0 Å². The first-order chi connectivity index (χ1) is 6.79. The molecule has 0 aliphatic carbocycles. The summed E-state index contributed by atoms with van der Waals surface area (Å²) >= 11 is 0. The lowest BCUT2D eigenvalue weighted by atomic mass is 10.1. The van der Waals surface area contributed by atoms with E-state index in [9.17, 15) is 0 Å². The van der Waals surface area contributed by atoms with Crippen molar-refractivity contribution in [3.05, 3.63) is 42.0 Å². The van der Waals surface area contributed by atoms with Gasteiger partial charge in [0.05, 0.1) is 7.11 Å². The standard InChI is InChI=1S/C10H11NO.C2H6/c1-8(12-2)10-6-4-3-5-9(10)7-11;1-2/h3-7,11H,1H2,2H3;1-2H3. The van der Waals surface area contributed by atoms with Crippen molar-refractivity contribution in [3.63, 3.8) is 0 Å². The van der Waals surface area contributed by atoms with E-state index in [-0.39, 0.29) is 0 Å². The first-order valence-electron chi connectivity index (χ1n) is 4.62. The minimum atomic E-state index is 0.592. The Labute approximate surface area is 85.7 Å². The Morgan fingerprint density at radius 2 is 1.93 bits per heavy atom. The van der Waals surface area contributed by atoms with Gasteiger partial charge in [-0.25, -0.2) is 0 Å². The van der Waals surface area contributed by atoms with Gasteiger partial charge in [0.1, 0.15) is 5.76 Å². The summed E-state index contributed by atoms with van der Waals surface area (Å²) in [6, 6.07) is 7.51. The van der Waals surface area contributed by atoms with Gasteiger partial charge in [-0.3, -0.25) is 0 Å². The van der Waals surface area contributed by atoms with Crippen molar-refractivity contribution < 1.29 is 4.74 Å². The van der Waals surface area contributed by atoms with Crippen LogP contribution in [0.25, 0.3) is 5.76 Å². The Hall–Kier alpha value is -1.57. The van der Waals surface area contributed by atoms with Crippen LogP contribution in [0, 0.1) is 5.41 Å². The number of rotatable bonds is 3. The molecule has 14 heavy (non-hydrogen) atoms. The van der Waals surface area contributed by atoms with E-state index in [0.717, 1.165) is 11.1 Å². The SMILES string of the molecule is C=C(OC)c1ccccc1C=N.CC. The molecule has 0 heterocycles. The minimum Gasteiger partial charge on any atom is -0.497 e. The average molecular weight is 191 g/mol. The second kappa shape index (κ2) is 6.89. The van der Waals surface area contributed by atoms with Gasteiger partial charge >= 0.3 is 0 Å². The van der Waals surface area contributed by atoms with E-state index in [1.54, 1.807) is 7.11 Å². The molecule has 0 aromatic heterocycles. The van der Waals surface area contributed by atoms with Crippen LogP contribution in [-0.4, -0.2) is 13.3 Å². The van der Waals surface area contributed by atoms with Crippen molar-refractivity contribution in [2.24, 2.45) is 0 Å². The van der Waals surface area contributed by atoms with Gasteiger partial charge in [-0.2, -0.15) is 0 Å². The maximum Gasteiger partial charge on any atom is 0.119 e. The summed E-state index contributed by atoms with van der Waals surface area (Å²) in [5.74, 6) is 0.592. The van der Waals surface area contributed by atoms with Crippen LogP contribution in [0.5, 0.6) is 0 Å². The molecule has 0 bridgehead atoms. The lowest BCUT2D eigenvalue weighted by molar-refractivity contribution is 0.371. The molecular formula is C12H17NO. The predicted molar refractivity (Wildman–Crippen MR) is 61.7 cm³/mol. The van der Waals surface area contributed by atoms with E-state index in [1.807, 2.05) is 38.1 Å². The Bertz CT molecular complexity index is 305. The molecule has 0 saturated carbocycles. The van der Waals surface area contributed by atoms with E-state index in [4.69, 9.17) is 10.1 Å². The molecule has 76 valence electrons. The molecule has 1 rings (SSSR count). The van der Waals surface area contributed by atoms with Gasteiger partial charge in [-0.05, 0) is 0 Å². The number of hydrogen-bond donors (Lipinski definition) is 1. The monoisotopic (exact) mass is 191 g/mol. The second-order valence-electron chi connectivity index (χ2n) is 2.36. The highest BCUT2D eigenvalue weighted by molar-refractivity contribution is 5.84. The normalized spacial score (nSPS) is 8.21. The highest BCUT2D eigenvalue weighted by Crippen LogP contribution is 2.15. The Balaban J connectivity index is 0.000000791. The summed E-state index contributed by atoms with van der Waals surface area (Å²) in [6.07, 6.45) is 1.29. The van der Waals surface area contributed by atoms with Crippen LogP contribution in [0.1, 0.15) is 25.0 Å². The molecule has 0 unspecified atom stereocenters. The molecule has 1 aromatic rings. The van der Waals surface area contributed by atoms with Gasteiger partial charge in [-0.1, -0.05) is 44.7 Å². The number of methoxy groups -OCH3 is 1. The lowest BCUT2D eigenvalue weighted by Crippen LogP contribution is -1.91. The molecule has 0 spiro atoms. The number of hydrogen-bond acceptors (Lipinski definition) is 2. The quantitative estimate of drug-likeness (QED) is 0.577. The molecule has 0 radical (unpaired) electrons. The van der Waals surface area contributed by atoms with Gasteiger partial charge < -0.3 is 10.1 Å². The predicted octanol–water partition coefficient (Wildman–Crippen LogP) is 3.33. The maximum absolute atomic E-state index is 7.13. The average Bonchev–Trinajstić information content (AvgIpc) is 2.30. The first-order valence-corrected chi connectivity index (χ1v) is 4.62. The molecule has 0 aliphatic heterocycles. The Morgan fingerprint density at radius 1 is 1.36 bits per heavy atom. The first kappa shape index (κ1) is 12.4. The van der Waals surface area contributed by atoms with E-state index < -0.39 is 0 Å². The summed E-state index contributed by atoms with van der Waals surface area (Å²) in [5, 5.41) is 7.13. The van der Waals surface area contributed by atoms with Crippen molar-refractivity contribution in [2.75, 3.05) is 7.11 Å². The summed E-state index contributed by atoms with van der Waals surface area (Å²) in [4.78, 5) is 0. The zero-order valence-corrected chi connectivity index (χ0v) is 9.00. The number of benzene rings is 1. The zero-order valence-electron chi connectivity index (χ0n) is 9.00. The third kappa shape index (κ3) is 3.05. The van der Waals surface area contributed by atoms with Crippen LogP contribution in [0.4, 0.5) is 0 Å². The van der Waals surface area contributed by atoms with Crippen molar-refractivity contribution in [3.8, 4) is 0 Å². The summed E-state index contributed by atoms with van der Waals surface area (Å²) in [5.41, 5.74) is 1.69. The van der Waals surface area contributed by atoms with Crippen molar-refractivity contribution in [2.45, 2.75) is 13.8 Å². The largest absolute Gasteiger partial charge is 0.497 e. The molecule has 2 nitrogen and oxygen atoms in total. The van der Waals surface area contributed by atoms with E-state index in [2.05, 4.69) is 6.58 Å². The van der Waals surface area contributed by atoms with Crippen LogP contribution in [-0.2, 0) is 4.74 Å². The van der Waals surface area contributed by atoms with Gasteiger partial charge in [-0.15, -0.1) is 0 Å². The maximum atomic E-state index is 7.13. The molecular weight excluding hydrogens is 174 g/mol. The van der Waals surface area contributed by atoms with Crippen molar-refractivity contribution in [1.29, 1.82) is 5.41 Å². The van der Waals surface area contributed by atoms with Crippen LogP contribution >= 0.6 is 0 Å². The molecule has 0 aliphatic rings. The van der Waals surface area contributed by atoms with Gasteiger partial charge in [0, 0.05) is 17.3 Å². The molecule has 0 saturated heterocycles. The van der Waals surface area contributed by atoms with Crippen LogP contribution < -0.4 is 0 Å². The third-order valence-corrected chi connectivity index (χ3v) is 1.66.